The van der Waals surface area contributed by atoms with E-state index in [1.54, 1.807) is 6.07 Å². The molecule has 1 aliphatic rings. The predicted molar refractivity (Wildman–Crippen MR) is 79.3 cm³/mol. The third-order valence-corrected chi connectivity index (χ3v) is 3.27. The third kappa shape index (κ3) is 4.45. The van der Waals surface area contributed by atoms with Crippen molar-refractivity contribution in [3.05, 3.63) is 29.8 Å². The minimum atomic E-state index is -0.333. The first-order valence-electron chi connectivity index (χ1n) is 6.54. The fraction of sp³-hybridized carbons (Fsp3) is 0.500. The fourth-order valence-electron chi connectivity index (χ4n) is 2.38. The first-order chi connectivity index (χ1) is 9.20. The van der Waals surface area contributed by atoms with Crippen molar-refractivity contribution in [2.24, 2.45) is 0 Å². The van der Waals surface area contributed by atoms with Crippen LogP contribution in [0.1, 0.15) is 18.5 Å². The molecule has 0 bridgehead atoms. The summed E-state index contributed by atoms with van der Waals surface area (Å²) in [7, 11) is 0. The van der Waals surface area contributed by atoms with Crippen LogP contribution in [0.15, 0.2) is 24.3 Å². The SMILES string of the molecule is CC(=O)Oc1cccc([C@H](CO)N2CCNCC2)c1.Cl. The van der Waals surface area contributed by atoms with E-state index in [2.05, 4.69) is 10.2 Å². The first kappa shape index (κ1) is 16.9. The van der Waals surface area contributed by atoms with Gasteiger partial charge in [0.1, 0.15) is 5.75 Å². The summed E-state index contributed by atoms with van der Waals surface area (Å²) in [5.41, 5.74) is 0.975. The molecule has 1 atom stereocenters. The Labute approximate surface area is 125 Å². The van der Waals surface area contributed by atoms with Crippen LogP contribution in [0.3, 0.4) is 0 Å². The Morgan fingerprint density at radius 1 is 1.45 bits per heavy atom. The second-order valence-corrected chi connectivity index (χ2v) is 4.65. The Morgan fingerprint density at radius 2 is 2.15 bits per heavy atom. The van der Waals surface area contributed by atoms with E-state index in [1.807, 2.05) is 18.2 Å². The zero-order chi connectivity index (χ0) is 13.7. The molecular formula is C14H21ClN2O3. The molecule has 1 aromatic rings. The zero-order valence-corrected chi connectivity index (χ0v) is 12.4. The summed E-state index contributed by atoms with van der Waals surface area (Å²) in [5.74, 6) is 0.193. The number of nitrogens with one attached hydrogen (secondary N) is 1. The number of carbonyl (C=O) groups excluding carboxylic acids is 1. The lowest BCUT2D eigenvalue weighted by Crippen LogP contribution is -2.46. The van der Waals surface area contributed by atoms with Gasteiger partial charge >= 0.3 is 5.97 Å². The van der Waals surface area contributed by atoms with Gasteiger partial charge in [-0.15, -0.1) is 12.4 Å². The molecule has 0 unspecified atom stereocenters. The number of aliphatic hydroxyl groups is 1. The number of rotatable bonds is 4. The lowest BCUT2D eigenvalue weighted by Gasteiger charge is -2.34. The standard InChI is InChI=1S/C14H20N2O3.ClH/c1-11(18)19-13-4-2-3-12(9-13)14(10-17)16-7-5-15-6-8-16;/h2-4,9,14-15,17H,5-8,10H2,1H3;1H/t14-;/m0./s1. The van der Waals surface area contributed by atoms with Gasteiger partial charge in [0, 0.05) is 33.1 Å². The molecule has 0 spiro atoms. The Morgan fingerprint density at radius 3 is 2.75 bits per heavy atom. The van der Waals surface area contributed by atoms with Crippen molar-refractivity contribution in [1.29, 1.82) is 0 Å². The summed E-state index contributed by atoms with van der Waals surface area (Å²) in [6, 6.07) is 7.33. The summed E-state index contributed by atoms with van der Waals surface area (Å²) in [5, 5.41) is 12.9. The van der Waals surface area contributed by atoms with E-state index in [1.165, 1.54) is 6.92 Å². The Bertz CT molecular complexity index is 436. The number of esters is 1. The smallest absolute Gasteiger partial charge is 0.308 e. The van der Waals surface area contributed by atoms with Gasteiger partial charge < -0.3 is 15.2 Å². The summed E-state index contributed by atoms with van der Waals surface area (Å²) < 4.78 is 5.09. The molecular weight excluding hydrogens is 280 g/mol. The number of hydrogen-bond donors (Lipinski definition) is 2. The largest absolute Gasteiger partial charge is 0.427 e. The fourth-order valence-corrected chi connectivity index (χ4v) is 2.38. The highest BCUT2D eigenvalue weighted by molar-refractivity contribution is 5.85. The third-order valence-electron chi connectivity index (χ3n) is 3.27. The molecule has 1 heterocycles. The summed E-state index contributed by atoms with van der Waals surface area (Å²) in [6.45, 7) is 5.11. The maximum Gasteiger partial charge on any atom is 0.308 e. The van der Waals surface area contributed by atoms with Crippen LogP contribution < -0.4 is 10.1 Å². The van der Waals surface area contributed by atoms with E-state index < -0.39 is 0 Å². The molecule has 0 radical (unpaired) electrons. The molecule has 0 aliphatic carbocycles. The number of nitrogens with zero attached hydrogens (tertiary/aromatic N) is 1. The number of halogens is 1. The molecule has 0 aromatic heterocycles. The van der Waals surface area contributed by atoms with Gasteiger partial charge in [0.05, 0.1) is 12.6 Å². The van der Waals surface area contributed by atoms with Gasteiger partial charge in [-0.1, -0.05) is 12.1 Å². The lowest BCUT2D eigenvalue weighted by molar-refractivity contribution is -0.131. The van der Waals surface area contributed by atoms with E-state index in [9.17, 15) is 9.90 Å². The summed E-state index contributed by atoms with van der Waals surface area (Å²) in [4.78, 5) is 13.2. The van der Waals surface area contributed by atoms with Gasteiger partial charge in [-0.05, 0) is 17.7 Å². The van der Waals surface area contributed by atoms with Crippen LogP contribution in [0.2, 0.25) is 0 Å². The average molecular weight is 301 g/mol. The maximum atomic E-state index is 11.0. The van der Waals surface area contributed by atoms with Crippen LogP contribution in [0.25, 0.3) is 0 Å². The van der Waals surface area contributed by atoms with Crippen LogP contribution in [-0.2, 0) is 4.79 Å². The summed E-state index contributed by atoms with van der Waals surface area (Å²) in [6.07, 6.45) is 0. The van der Waals surface area contributed by atoms with E-state index in [-0.39, 0.29) is 31.0 Å². The molecule has 1 fully saturated rings. The molecule has 20 heavy (non-hydrogen) atoms. The van der Waals surface area contributed by atoms with Gasteiger partial charge in [-0.3, -0.25) is 9.69 Å². The number of carbonyl (C=O) groups is 1. The van der Waals surface area contributed by atoms with Crippen molar-refractivity contribution in [1.82, 2.24) is 10.2 Å². The zero-order valence-electron chi connectivity index (χ0n) is 11.5. The number of benzene rings is 1. The first-order valence-corrected chi connectivity index (χ1v) is 6.54. The van der Waals surface area contributed by atoms with Crippen LogP contribution in [0.4, 0.5) is 0 Å². The molecule has 5 nitrogen and oxygen atoms in total. The van der Waals surface area contributed by atoms with Gasteiger partial charge in [0.15, 0.2) is 0 Å². The molecule has 0 saturated carbocycles. The van der Waals surface area contributed by atoms with Crippen molar-refractivity contribution in [3.8, 4) is 5.75 Å². The van der Waals surface area contributed by atoms with Crippen LogP contribution in [0.5, 0.6) is 5.75 Å². The topological polar surface area (TPSA) is 61.8 Å². The molecule has 1 aliphatic heterocycles. The van der Waals surface area contributed by atoms with Gasteiger partial charge in [-0.2, -0.15) is 0 Å². The van der Waals surface area contributed by atoms with Crippen molar-refractivity contribution in [2.45, 2.75) is 13.0 Å². The highest BCUT2D eigenvalue weighted by Gasteiger charge is 2.21. The number of aliphatic hydroxyl groups excluding tert-OH is 1. The minimum absolute atomic E-state index is 0. The Balaban J connectivity index is 0.00000200. The van der Waals surface area contributed by atoms with Crippen molar-refractivity contribution >= 4 is 18.4 Å². The molecule has 0 amide bonds. The maximum absolute atomic E-state index is 11.0. The average Bonchev–Trinajstić information content (AvgIpc) is 2.40. The molecule has 1 aromatic carbocycles. The second kappa shape index (κ2) is 8.21. The normalized spacial score (nSPS) is 17.1. The van der Waals surface area contributed by atoms with E-state index in [0.29, 0.717) is 5.75 Å². The molecule has 2 N–H and O–H groups in total. The Kier molecular flexibility index (Phi) is 6.95. The van der Waals surface area contributed by atoms with E-state index in [4.69, 9.17) is 4.74 Å². The van der Waals surface area contributed by atoms with Crippen molar-refractivity contribution in [2.75, 3.05) is 32.8 Å². The summed E-state index contributed by atoms with van der Waals surface area (Å²) >= 11 is 0. The van der Waals surface area contributed by atoms with Crippen LogP contribution in [-0.4, -0.2) is 48.8 Å². The number of hydrogen-bond acceptors (Lipinski definition) is 5. The van der Waals surface area contributed by atoms with Gasteiger partial charge in [0.2, 0.25) is 0 Å². The number of piperazine rings is 1. The predicted octanol–water partition coefficient (Wildman–Crippen LogP) is 0.972. The highest BCUT2D eigenvalue weighted by Crippen LogP contribution is 2.24. The molecule has 1 saturated heterocycles. The van der Waals surface area contributed by atoms with E-state index in [0.717, 1.165) is 31.7 Å². The molecule has 6 heteroatoms. The Hall–Kier alpha value is -1.14. The monoisotopic (exact) mass is 300 g/mol. The van der Waals surface area contributed by atoms with Gasteiger partial charge in [0.25, 0.3) is 0 Å². The van der Waals surface area contributed by atoms with Crippen molar-refractivity contribution in [3.63, 3.8) is 0 Å². The number of ether oxygens (including phenoxy) is 1. The van der Waals surface area contributed by atoms with Crippen LogP contribution in [0, 0.1) is 0 Å². The highest BCUT2D eigenvalue weighted by atomic mass is 35.5. The van der Waals surface area contributed by atoms with Crippen molar-refractivity contribution < 1.29 is 14.6 Å². The van der Waals surface area contributed by atoms with Gasteiger partial charge in [-0.25, -0.2) is 0 Å². The second-order valence-electron chi connectivity index (χ2n) is 4.65. The molecule has 2 rings (SSSR count). The van der Waals surface area contributed by atoms with Crippen LogP contribution >= 0.6 is 12.4 Å². The minimum Gasteiger partial charge on any atom is -0.427 e. The molecule has 112 valence electrons. The quantitative estimate of drug-likeness (QED) is 0.641. The van der Waals surface area contributed by atoms with E-state index >= 15 is 0 Å². The lowest BCUT2D eigenvalue weighted by atomic mass is 10.0.